The molecule has 0 N–H and O–H groups in total. The first-order valence-corrected chi connectivity index (χ1v) is 7.86. The summed E-state index contributed by atoms with van der Waals surface area (Å²) in [4.78, 5) is 9.21. The zero-order valence-electron chi connectivity index (χ0n) is 11.4. The van der Waals surface area contributed by atoms with Gasteiger partial charge in [-0.15, -0.1) is 11.3 Å². The molecule has 4 rings (SSSR count). The molecule has 3 aromatic rings. The van der Waals surface area contributed by atoms with Gasteiger partial charge in [-0.3, -0.25) is 9.56 Å². The Kier molecular flexibility index (Phi) is 2.94. The van der Waals surface area contributed by atoms with Crippen molar-refractivity contribution in [2.24, 2.45) is 4.99 Å². The highest BCUT2D eigenvalue weighted by Gasteiger charge is 2.22. The number of benzene rings is 1. The van der Waals surface area contributed by atoms with Crippen molar-refractivity contribution in [3.8, 4) is 5.00 Å². The molecule has 0 saturated carbocycles. The van der Waals surface area contributed by atoms with Crippen molar-refractivity contribution in [2.45, 2.75) is 13.5 Å². The molecule has 0 aliphatic carbocycles. The molecule has 2 aromatic heterocycles. The lowest BCUT2D eigenvalue weighted by molar-refractivity contribution is 0.901. The highest BCUT2D eigenvalue weighted by Crippen LogP contribution is 2.35. The van der Waals surface area contributed by atoms with Crippen LogP contribution < -0.4 is 0 Å². The van der Waals surface area contributed by atoms with Gasteiger partial charge in [0.2, 0.25) is 0 Å². The maximum absolute atomic E-state index is 6.27. The van der Waals surface area contributed by atoms with Crippen LogP contribution in [0.2, 0.25) is 4.34 Å². The van der Waals surface area contributed by atoms with Gasteiger partial charge in [-0.05, 0) is 13.0 Å². The quantitative estimate of drug-likeness (QED) is 0.660. The smallest absolute Gasteiger partial charge is 0.112 e. The molecule has 21 heavy (non-hydrogen) atoms. The molecule has 1 aromatic carbocycles. The first-order valence-electron chi connectivity index (χ1n) is 6.67. The zero-order chi connectivity index (χ0) is 14.4. The summed E-state index contributed by atoms with van der Waals surface area (Å²) in [7, 11) is 0. The number of aromatic nitrogens is 2. The zero-order valence-corrected chi connectivity index (χ0v) is 12.9. The Bertz CT molecular complexity index is 846. The second-order valence-corrected chi connectivity index (χ2v) is 6.59. The predicted octanol–water partition coefficient (Wildman–Crippen LogP) is 4.25. The highest BCUT2D eigenvalue weighted by molar-refractivity contribution is 7.19. The van der Waals surface area contributed by atoms with Crippen molar-refractivity contribution in [1.29, 1.82) is 0 Å². The van der Waals surface area contributed by atoms with Crippen LogP contribution in [0, 0.1) is 6.92 Å². The number of hydrogen-bond acceptors (Lipinski definition) is 3. The van der Waals surface area contributed by atoms with Crippen LogP contribution in [0.3, 0.4) is 0 Å². The van der Waals surface area contributed by atoms with Crippen LogP contribution >= 0.6 is 22.9 Å². The molecular weight excluding hydrogens is 302 g/mol. The molecule has 0 amide bonds. The average molecular weight is 314 g/mol. The van der Waals surface area contributed by atoms with Crippen LogP contribution in [-0.2, 0) is 6.54 Å². The fraction of sp³-hybridized carbons (Fsp3) is 0.125. The van der Waals surface area contributed by atoms with Gasteiger partial charge < -0.3 is 0 Å². The Morgan fingerprint density at radius 3 is 2.86 bits per heavy atom. The molecule has 0 atom stereocenters. The van der Waals surface area contributed by atoms with E-state index in [-0.39, 0.29) is 0 Å². The standard InChI is InChI=1S/C16H12ClN3S/c1-10-18-8-12-9-19-15(11-5-3-2-4-6-11)13-7-14(17)21-16(13)20(10)12/h2-8H,9H2,1H3. The van der Waals surface area contributed by atoms with Crippen molar-refractivity contribution in [1.82, 2.24) is 9.55 Å². The average Bonchev–Trinajstić information content (AvgIpc) is 3.00. The van der Waals surface area contributed by atoms with Gasteiger partial charge in [-0.2, -0.15) is 0 Å². The van der Waals surface area contributed by atoms with Crippen LogP contribution in [0.4, 0.5) is 0 Å². The number of rotatable bonds is 1. The van der Waals surface area contributed by atoms with E-state index in [1.54, 1.807) is 11.3 Å². The molecule has 0 radical (unpaired) electrons. The molecule has 0 bridgehead atoms. The molecule has 1 aliphatic rings. The summed E-state index contributed by atoms with van der Waals surface area (Å²) in [5.41, 5.74) is 4.29. The van der Waals surface area contributed by atoms with Crippen molar-refractivity contribution in [2.75, 3.05) is 0 Å². The monoisotopic (exact) mass is 313 g/mol. The minimum atomic E-state index is 0.629. The van der Waals surface area contributed by atoms with Crippen LogP contribution in [0.1, 0.15) is 22.6 Å². The van der Waals surface area contributed by atoms with Crippen molar-refractivity contribution >= 4 is 28.6 Å². The number of halogens is 1. The molecule has 0 spiro atoms. The Balaban J connectivity index is 1.99. The lowest BCUT2D eigenvalue weighted by Crippen LogP contribution is -2.04. The van der Waals surface area contributed by atoms with Crippen LogP contribution in [0.15, 0.2) is 47.6 Å². The van der Waals surface area contributed by atoms with E-state index < -0.39 is 0 Å². The van der Waals surface area contributed by atoms with Gasteiger partial charge >= 0.3 is 0 Å². The molecule has 3 heterocycles. The largest absolute Gasteiger partial charge is 0.290 e. The van der Waals surface area contributed by atoms with Gasteiger partial charge in [0.05, 0.1) is 28.5 Å². The number of hydrogen-bond donors (Lipinski definition) is 0. The van der Waals surface area contributed by atoms with Crippen LogP contribution in [-0.4, -0.2) is 15.3 Å². The summed E-state index contributed by atoms with van der Waals surface area (Å²) in [5, 5.41) is 1.10. The normalized spacial score (nSPS) is 13.3. The number of imidazole rings is 1. The van der Waals surface area contributed by atoms with Gasteiger partial charge in [-0.1, -0.05) is 41.9 Å². The summed E-state index contributed by atoms with van der Waals surface area (Å²) in [5.74, 6) is 0.967. The molecule has 5 heteroatoms. The summed E-state index contributed by atoms with van der Waals surface area (Å²) in [6.45, 7) is 2.64. The van der Waals surface area contributed by atoms with E-state index >= 15 is 0 Å². The Morgan fingerprint density at radius 1 is 1.24 bits per heavy atom. The molecule has 104 valence electrons. The number of aliphatic imine (C=N–C) groups is 1. The van der Waals surface area contributed by atoms with Gasteiger partial charge in [-0.25, -0.2) is 4.98 Å². The molecule has 3 nitrogen and oxygen atoms in total. The summed E-state index contributed by atoms with van der Waals surface area (Å²) >= 11 is 7.84. The van der Waals surface area contributed by atoms with Gasteiger partial charge in [0.1, 0.15) is 10.8 Å². The Morgan fingerprint density at radius 2 is 2.05 bits per heavy atom. The number of nitrogens with zero attached hydrogens (tertiary/aromatic N) is 3. The SMILES string of the molecule is Cc1ncc2n1-c1sc(Cl)cc1C(c1ccccc1)=NC2. The van der Waals surface area contributed by atoms with Crippen LogP contribution in [0.5, 0.6) is 0 Å². The van der Waals surface area contributed by atoms with E-state index in [1.165, 1.54) is 0 Å². The topological polar surface area (TPSA) is 30.2 Å². The second-order valence-electron chi connectivity index (χ2n) is 4.93. The van der Waals surface area contributed by atoms with Gasteiger partial charge in [0, 0.05) is 11.1 Å². The number of fused-ring (bicyclic) bond motifs is 3. The number of thiophene rings is 1. The van der Waals surface area contributed by atoms with E-state index in [1.807, 2.05) is 37.4 Å². The molecule has 1 aliphatic heterocycles. The third-order valence-corrected chi connectivity index (χ3v) is 4.85. The summed E-state index contributed by atoms with van der Waals surface area (Å²) < 4.78 is 2.93. The lowest BCUT2D eigenvalue weighted by Gasteiger charge is -2.07. The van der Waals surface area contributed by atoms with E-state index in [2.05, 4.69) is 21.7 Å². The second kappa shape index (κ2) is 4.83. The van der Waals surface area contributed by atoms with Crippen molar-refractivity contribution in [3.05, 3.63) is 69.6 Å². The Labute approximate surface area is 131 Å². The third-order valence-electron chi connectivity index (χ3n) is 3.60. The molecule has 0 saturated heterocycles. The highest BCUT2D eigenvalue weighted by atomic mass is 35.5. The van der Waals surface area contributed by atoms with Gasteiger partial charge in [0.25, 0.3) is 0 Å². The van der Waals surface area contributed by atoms with E-state index in [4.69, 9.17) is 16.6 Å². The maximum Gasteiger partial charge on any atom is 0.112 e. The summed E-state index contributed by atoms with van der Waals surface area (Å²) in [6, 6.07) is 12.2. The predicted molar refractivity (Wildman–Crippen MR) is 87.0 cm³/mol. The van der Waals surface area contributed by atoms with Crippen molar-refractivity contribution < 1.29 is 0 Å². The van der Waals surface area contributed by atoms with E-state index in [0.29, 0.717) is 6.54 Å². The van der Waals surface area contributed by atoms with Crippen molar-refractivity contribution in [3.63, 3.8) is 0 Å². The first-order chi connectivity index (χ1) is 10.2. The molecule has 0 unspecified atom stereocenters. The maximum atomic E-state index is 6.27. The van der Waals surface area contributed by atoms with Gasteiger partial charge in [0.15, 0.2) is 0 Å². The first kappa shape index (κ1) is 12.8. The van der Waals surface area contributed by atoms with E-state index in [0.717, 1.165) is 37.7 Å². The Hall–Kier alpha value is -1.91. The molecular formula is C16H12ClN3S. The van der Waals surface area contributed by atoms with E-state index in [9.17, 15) is 0 Å². The fourth-order valence-electron chi connectivity index (χ4n) is 2.66. The fourth-order valence-corrected chi connectivity index (χ4v) is 3.95. The number of aryl methyl sites for hydroxylation is 1. The third kappa shape index (κ3) is 2.03. The summed E-state index contributed by atoms with van der Waals surface area (Å²) in [6.07, 6.45) is 1.89. The minimum absolute atomic E-state index is 0.629. The van der Waals surface area contributed by atoms with Crippen LogP contribution in [0.25, 0.3) is 5.00 Å². The molecule has 0 fully saturated rings. The minimum Gasteiger partial charge on any atom is -0.290 e. The lowest BCUT2D eigenvalue weighted by atomic mass is 10.0.